The second-order valence-corrected chi connectivity index (χ2v) is 7.46. The second-order valence-electron chi connectivity index (χ2n) is 6.61. The lowest BCUT2D eigenvalue weighted by Crippen LogP contribution is -2.29. The molecule has 8 heteroatoms. The molecule has 1 atom stereocenters. The molecule has 3 aromatic rings. The van der Waals surface area contributed by atoms with Crippen molar-refractivity contribution in [3.05, 3.63) is 88.1 Å². The number of Topliss-reactive ketones (excluding diaryl/α,β-unsaturated/α-hetero) is 1. The Balaban J connectivity index is 1.85. The van der Waals surface area contributed by atoms with E-state index in [0.29, 0.717) is 27.2 Å². The van der Waals surface area contributed by atoms with Gasteiger partial charge in [-0.15, -0.1) is 0 Å². The number of pyridine rings is 1. The molecule has 152 valence electrons. The fraction of sp³-hybridized carbons (Fsp3) is 0.136. The third-order valence-corrected chi connectivity index (χ3v) is 5.46. The van der Waals surface area contributed by atoms with Gasteiger partial charge in [-0.05, 0) is 58.4 Å². The Hall–Kier alpha value is -3.39. The average molecular weight is 469 g/mol. The smallest absolute Gasteiger partial charge is 0.296 e. The summed E-state index contributed by atoms with van der Waals surface area (Å²) in [5, 5.41) is 11.0. The van der Waals surface area contributed by atoms with E-state index in [9.17, 15) is 14.7 Å². The molecular formula is C22H17BrN2O5. The Bertz CT molecular complexity index is 1130. The molecule has 1 saturated heterocycles. The van der Waals surface area contributed by atoms with Gasteiger partial charge >= 0.3 is 0 Å². The molecule has 1 aliphatic heterocycles. The van der Waals surface area contributed by atoms with Gasteiger partial charge in [-0.25, -0.2) is 0 Å². The molecule has 0 aliphatic carbocycles. The van der Waals surface area contributed by atoms with Gasteiger partial charge in [0, 0.05) is 11.8 Å². The van der Waals surface area contributed by atoms with Crippen LogP contribution < -0.4 is 4.74 Å². The van der Waals surface area contributed by atoms with Gasteiger partial charge in [-0.3, -0.25) is 14.6 Å². The first-order valence-electron chi connectivity index (χ1n) is 9.07. The van der Waals surface area contributed by atoms with Gasteiger partial charge in [0.15, 0.2) is 0 Å². The predicted octanol–water partition coefficient (Wildman–Crippen LogP) is 4.07. The van der Waals surface area contributed by atoms with E-state index in [-0.39, 0.29) is 17.9 Å². The number of carbonyl (C=O) groups is 2. The van der Waals surface area contributed by atoms with E-state index in [2.05, 4.69) is 20.9 Å². The maximum atomic E-state index is 12.9. The summed E-state index contributed by atoms with van der Waals surface area (Å²) in [4.78, 5) is 31.5. The van der Waals surface area contributed by atoms with E-state index in [4.69, 9.17) is 9.15 Å². The number of methoxy groups -OCH3 is 1. The highest BCUT2D eigenvalue weighted by atomic mass is 79.9. The van der Waals surface area contributed by atoms with Crippen LogP contribution >= 0.6 is 15.9 Å². The zero-order valence-electron chi connectivity index (χ0n) is 15.9. The van der Waals surface area contributed by atoms with Crippen LogP contribution in [0.25, 0.3) is 5.76 Å². The molecule has 7 nitrogen and oxygen atoms in total. The molecule has 1 N–H and O–H groups in total. The van der Waals surface area contributed by atoms with Gasteiger partial charge < -0.3 is 19.2 Å². The molecule has 1 unspecified atom stereocenters. The zero-order chi connectivity index (χ0) is 21.3. The van der Waals surface area contributed by atoms with E-state index in [1.54, 1.807) is 54.7 Å². The quantitative estimate of drug-likeness (QED) is 0.344. The maximum Gasteiger partial charge on any atom is 0.296 e. The van der Waals surface area contributed by atoms with Crippen molar-refractivity contribution in [1.82, 2.24) is 9.88 Å². The third-order valence-electron chi connectivity index (χ3n) is 4.84. The molecule has 1 aliphatic rings. The molecule has 1 fully saturated rings. The van der Waals surface area contributed by atoms with Crippen molar-refractivity contribution < 1.29 is 23.8 Å². The molecule has 4 rings (SSSR count). The van der Waals surface area contributed by atoms with Crippen LogP contribution in [-0.4, -0.2) is 33.8 Å². The first kappa shape index (κ1) is 19.9. The van der Waals surface area contributed by atoms with Gasteiger partial charge in [0.05, 0.1) is 35.7 Å². The lowest BCUT2D eigenvalue weighted by molar-refractivity contribution is -0.140. The normalized spacial score (nSPS) is 18.1. The number of ether oxygens (including phenoxy) is 1. The summed E-state index contributed by atoms with van der Waals surface area (Å²) in [7, 11) is 1.53. The SMILES string of the molecule is COc1ccc(/C(O)=C2/C(=O)C(=O)N(Cc3ccco3)C2c2ccccn2)cc1Br. The van der Waals surface area contributed by atoms with Gasteiger partial charge in [0.25, 0.3) is 11.7 Å². The van der Waals surface area contributed by atoms with E-state index in [1.165, 1.54) is 18.3 Å². The second kappa shape index (κ2) is 8.16. The number of hydrogen-bond acceptors (Lipinski definition) is 6. The number of aliphatic hydroxyl groups excluding tert-OH is 1. The van der Waals surface area contributed by atoms with Crippen molar-refractivity contribution in [2.45, 2.75) is 12.6 Å². The number of amides is 1. The molecule has 2 aromatic heterocycles. The van der Waals surface area contributed by atoms with Crippen LogP contribution in [0.4, 0.5) is 0 Å². The number of hydrogen-bond donors (Lipinski definition) is 1. The van der Waals surface area contributed by atoms with Crippen molar-refractivity contribution in [2.24, 2.45) is 0 Å². The minimum atomic E-state index is -0.850. The zero-order valence-corrected chi connectivity index (χ0v) is 17.5. The van der Waals surface area contributed by atoms with Gasteiger partial charge in [-0.2, -0.15) is 0 Å². The number of halogens is 1. The first-order valence-corrected chi connectivity index (χ1v) is 9.86. The molecule has 30 heavy (non-hydrogen) atoms. The largest absolute Gasteiger partial charge is 0.507 e. The predicted molar refractivity (Wildman–Crippen MR) is 111 cm³/mol. The molecule has 1 aromatic carbocycles. The Labute approximate surface area is 180 Å². The van der Waals surface area contributed by atoms with Gasteiger partial charge in [0.1, 0.15) is 23.3 Å². The van der Waals surface area contributed by atoms with Crippen LogP contribution in [0.15, 0.2) is 75.5 Å². The Morgan fingerprint density at radius 3 is 2.70 bits per heavy atom. The Kier molecular flexibility index (Phi) is 5.41. The highest BCUT2D eigenvalue weighted by Gasteiger charge is 2.47. The van der Waals surface area contributed by atoms with Crippen molar-refractivity contribution in [3.8, 4) is 5.75 Å². The summed E-state index contributed by atoms with van der Waals surface area (Å²) in [6.07, 6.45) is 3.07. The van der Waals surface area contributed by atoms with Crippen molar-refractivity contribution in [3.63, 3.8) is 0 Å². The third kappa shape index (κ3) is 3.50. The van der Waals surface area contributed by atoms with E-state index in [1.807, 2.05) is 0 Å². The lowest BCUT2D eigenvalue weighted by atomic mass is 9.98. The van der Waals surface area contributed by atoms with Crippen LogP contribution in [0.3, 0.4) is 0 Å². The summed E-state index contributed by atoms with van der Waals surface area (Å²) in [6, 6.07) is 12.7. The summed E-state index contributed by atoms with van der Waals surface area (Å²) >= 11 is 3.38. The minimum Gasteiger partial charge on any atom is -0.507 e. The molecule has 0 radical (unpaired) electrons. The molecule has 0 saturated carbocycles. The highest BCUT2D eigenvalue weighted by Crippen LogP contribution is 2.40. The fourth-order valence-electron chi connectivity index (χ4n) is 3.43. The highest BCUT2D eigenvalue weighted by molar-refractivity contribution is 9.10. The van der Waals surface area contributed by atoms with E-state index in [0.717, 1.165) is 0 Å². The number of likely N-dealkylation sites (tertiary alicyclic amines) is 1. The topological polar surface area (TPSA) is 92.9 Å². The van der Waals surface area contributed by atoms with Gasteiger partial charge in [0.2, 0.25) is 0 Å². The maximum absolute atomic E-state index is 12.9. The first-order chi connectivity index (χ1) is 14.5. The van der Waals surface area contributed by atoms with Crippen LogP contribution in [0.2, 0.25) is 0 Å². The summed E-state index contributed by atoms with van der Waals surface area (Å²) in [5.41, 5.74) is 0.819. The van der Waals surface area contributed by atoms with Crippen LogP contribution in [0.1, 0.15) is 23.1 Å². The van der Waals surface area contributed by atoms with Gasteiger partial charge in [-0.1, -0.05) is 6.07 Å². The number of nitrogens with zero attached hydrogens (tertiary/aromatic N) is 2. The molecular weight excluding hydrogens is 452 g/mol. The van der Waals surface area contributed by atoms with E-state index >= 15 is 0 Å². The minimum absolute atomic E-state index is 0.0256. The molecule has 3 heterocycles. The van der Waals surface area contributed by atoms with Crippen LogP contribution in [0.5, 0.6) is 5.75 Å². The molecule has 1 amide bonds. The molecule has 0 spiro atoms. The number of benzene rings is 1. The molecule has 0 bridgehead atoms. The number of rotatable bonds is 5. The number of aliphatic hydroxyl groups is 1. The summed E-state index contributed by atoms with van der Waals surface area (Å²) < 4.78 is 11.2. The summed E-state index contributed by atoms with van der Waals surface area (Å²) in [5.74, 6) is -0.691. The van der Waals surface area contributed by atoms with Crippen molar-refractivity contribution >= 4 is 33.4 Å². The summed E-state index contributed by atoms with van der Waals surface area (Å²) in [6.45, 7) is 0.0713. The van der Waals surface area contributed by atoms with Crippen molar-refractivity contribution in [1.29, 1.82) is 0 Å². The fourth-order valence-corrected chi connectivity index (χ4v) is 3.97. The number of carbonyl (C=O) groups excluding carboxylic acids is 2. The van der Waals surface area contributed by atoms with Crippen LogP contribution in [0, 0.1) is 0 Å². The number of ketones is 1. The van der Waals surface area contributed by atoms with Crippen molar-refractivity contribution in [2.75, 3.05) is 7.11 Å². The van der Waals surface area contributed by atoms with E-state index < -0.39 is 17.7 Å². The average Bonchev–Trinajstić information content (AvgIpc) is 3.36. The standard InChI is InChI=1S/C22H17BrN2O5/c1-29-17-8-7-13(11-15(17)23)20(26)18-19(16-6-2-3-9-24-16)25(22(28)21(18)27)12-14-5-4-10-30-14/h2-11,19,26H,12H2,1H3/b20-18-. The number of furan rings is 1. The Morgan fingerprint density at radius 2 is 2.07 bits per heavy atom. The monoisotopic (exact) mass is 468 g/mol. The number of aromatic nitrogens is 1. The van der Waals surface area contributed by atoms with Crippen LogP contribution in [-0.2, 0) is 16.1 Å². The lowest BCUT2D eigenvalue weighted by Gasteiger charge is -2.23. The Morgan fingerprint density at radius 1 is 1.23 bits per heavy atom.